The average Bonchev–Trinajstić information content (AvgIpc) is 3.34. The van der Waals surface area contributed by atoms with Crippen LogP contribution in [0, 0.1) is 5.82 Å². The largest absolute Gasteiger partial charge is 0.467 e. The number of H-pyrrole nitrogens is 1. The Morgan fingerprint density at radius 2 is 2.03 bits per heavy atom. The van der Waals surface area contributed by atoms with Crippen LogP contribution in [0.3, 0.4) is 0 Å². The number of nitrogens with one attached hydrogen (secondary N) is 1. The van der Waals surface area contributed by atoms with Crippen LogP contribution in [0.1, 0.15) is 32.8 Å². The highest BCUT2D eigenvalue weighted by atomic mass is 19.1. The molecule has 1 aliphatic rings. The number of rotatable bonds is 7. The summed E-state index contributed by atoms with van der Waals surface area (Å²) in [4.78, 5) is 42.0. The SMILES string of the molecule is COC(=O)[C@@H]1[C@@H](OCC(=O)OC(C)(C)C)CCN1C(=O)[C@@H](N)Cc1c[nH]c2ccc(F)cc12. The zero-order valence-electron chi connectivity index (χ0n) is 19.2. The number of halogens is 1. The van der Waals surface area contributed by atoms with Crippen molar-refractivity contribution in [2.24, 2.45) is 5.73 Å². The Morgan fingerprint density at radius 1 is 1.30 bits per heavy atom. The lowest BCUT2D eigenvalue weighted by atomic mass is 10.0. The van der Waals surface area contributed by atoms with Crippen LogP contribution in [0.25, 0.3) is 10.9 Å². The van der Waals surface area contributed by atoms with Gasteiger partial charge in [-0.3, -0.25) is 4.79 Å². The first-order chi connectivity index (χ1) is 15.5. The first kappa shape index (κ1) is 24.7. The normalized spacial score (nSPS) is 19.5. The van der Waals surface area contributed by atoms with Gasteiger partial charge in [0.1, 0.15) is 18.0 Å². The molecular formula is C23H30FN3O6. The first-order valence-electron chi connectivity index (χ1n) is 10.7. The predicted molar refractivity (Wildman–Crippen MR) is 118 cm³/mol. The van der Waals surface area contributed by atoms with Gasteiger partial charge < -0.3 is 29.8 Å². The Hall–Kier alpha value is -2.98. The average molecular weight is 464 g/mol. The second-order valence-corrected chi connectivity index (χ2v) is 9.04. The number of ether oxygens (including phenoxy) is 3. The minimum absolute atomic E-state index is 0.149. The minimum atomic E-state index is -1.03. The lowest BCUT2D eigenvalue weighted by Gasteiger charge is -2.28. The number of amides is 1. The van der Waals surface area contributed by atoms with Gasteiger partial charge in [0, 0.05) is 23.6 Å². The number of hydrogen-bond acceptors (Lipinski definition) is 7. The molecule has 3 atom stereocenters. The fourth-order valence-corrected chi connectivity index (χ4v) is 3.99. The number of nitrogens with two attached hydrogens (primary N) is 1. The number of aromatic nitrogens is 1. The molecule has 0 bridgehead atoms. The molecule has 3 rings (SSSR count). The molecule has 33 heavy (non-hydrogen) atoms. The summed E-state index contributed by atoms with van der Waals surface area (Å²) >= 11 is 0. The number of benzene rings is 1. The molecule has 2 heterocycles. The van der Waals surface area contributed by atoms with Gasteiger partial charge in [-0.1, -0.05) is 0 Å². The second kappa shape index (κ2) is 9.88. The van der Waals surface area contributed by atoms with Crippen molar-refractivity contribution in [2.45, 2.75) is 57.4 Å². The summed E-state index contributed by atoms with van der Waals surface area (Å²) < 4.78 is 29.4. The third kappa shape index (κ3) is 5.88. The molecule has 3 N–H and O–H groups in total. The molecule has 1 amide bonds. The van der Waals surface area contributed by atoms with Gasteiger partial charge in [0.25, 0.3) is 0 Å². The van der Waals surface area contributed by atoms with E-state index in [1.165, 1.54) is 24.1 Å². The van der Waals surface area contributed by atoms with Gasteiger partial charge in [-0.25, -0.2) is 14.0 Å². The van der Waals surface area contributed by atoms with Crippen molar-refractivity contribution in [1.82, 2.24) is 9.88 Å². The monoisotopic (exact) mass is 463 g/mol. The van der Waals surface area contributed by atoms with E-state index in [0.717, 1.165) is 5.52 Å². The van der Waals surface area contributed by atoms with Crippen LogP contribution in [0.4, 0.5) is 4.39 Å². The van der Waals surface area contributed by atoms with Gasteiger partial charge in [-0.2, -0.15) is 0 Å². The van der Waals surface area contributed by atoms with Gasteiger partial charge in [-0.05, 0) is 57.4 Å². The van der Waals surface area contributed by atoms with Crippen LogP contribution < -0.4 is 5.73 Å². The quantitative estimate of drug-likeness (QED) is 0.599. The van der Waals surface area contributed by atoms with Crippen LogP contribution in [0.5, 0.6) is 0 Å². The van der Waals surface area contributed by atoms with Crippen molar-refractivity contribution in [1.29, 1.82) is 0 Å². The van der Waals surface area contributed by atoms with Crippen LogP contribution >= 0.6 is 0 Å². The Labute approximate surface area is 191 Å². The van der Waals surface area contributed by atoms with Gasteiger partial charge in [0.2, 0.25) is 5.91 Å². The van der Waals surface area contributed by atoms with Crippen molar-refractivity contribution in [3.63, 3.8) is 0 Å². The van der Waals surface area contributed by atoms with Gasteiger partial charge in [-0.15, -0.1) is 0 Å². The first-order valence-corrected chi connectivity index (χ1v) is 10.7. The van der Waals surface area contributed by atoms with Gasteiger partial charge >= 0.3 is 11.9 Å². The molecule has 2 aromatic rings. The number of hydrogen-bond donors (Lipinski definition) is 2. The highest BCUT2D eigenvalue weighted by Gasteiger charge is 2.45. The summed E-state index contributed by atoms with van der Waals surface area (Å²) in [7, 11) is 1.22. The number of nitrogens with zero attached hydrogens (tertiary/aromatic N) is 1. The third-order valence-corrected chi connectivity index (χ3v) is 5.39. The molecular weight excluding hydrogens is 433 g/mol. The summed E-state index contributed by atoms with van der Waals surface area (Å²) in [6.45, 7) is 5.07. The standard InChI is InChI=1S/C23H30FN3O6/c1-23(2,3)33-19(28)12-32-18-7-8-27(20(18)22(30)31-4)21(29)16(25)9-13-11-26-17-6-5-14(24)10-15(13)17/h5-6,10-11,16,18,20,26H,7-9,12,25H2,1-4H3/t16-,18-,20-/m0/s1. The Bertz CT molecular complexity index is 1030. The number of carbonyl (C=O) groups excluding carboxylic acids is 3. The molecule has 0 unspecified atom stereocenters. The molecule has 1 saturated heterocycles. The molecule has 1 aromatic carbocycles. The van der Waals surface area contributed by atoms with Crippen molar-refractivity contribution in [3.8, 4) is 0 Å². The Kier molecular flexibility index (Phi) is 7.38. The molecule has 0 aliphatic carbocycles. The van der Waals surface area contributed by atoms with Crippen molar-refractivity contribution in [2.75, 3.05) is 20.3 Å². The highest BCUT2D eigenvalue weighted by molar-refractivity contribution is 5.90. The lowest BCUT2D eigenvalue weighted by molar-refractivity contribution is -0.166. The van der Waals surface area contributed by atoms with Crippen LogP contribution in [-0.4, -0.2) is 71.8 Å². The molecule has 0 radical (unpaired) electrons. The predicted octanol–water partition coefficient (Wildman–Crippen LogP) is 1.68. The zero-order valence-corrected chi connectivity index (χ0v) is 19.2. The number of fused-ring (bicyclic) bond motifs is 1. The summed E-state index contributed by atoms with van der Waals surface area (Å²) in [5, 5.41) is 0.641. The Balaban J connectivity index is 1.69. The van der Waals surface area contributed by atoms with E-state index < -0.39 is 47.5 Å². The van der Waals surface area contributed by atoms with E-state index in [9.17, 15) is 18.8 Å². The van der Waals surface area contributed by atoms with E-state index in [-0.39, 0.29) is 19.6 Å². The summed E-state index contributed by atoms with van der Waals surface area (Å²) in [6.07, 6.45) is 1.43. The van der Waals surface area contributed by atoms with Crippen LogP contribution in [0.15, 0.2) is 24.4 Å². The smallest absolute Gasteiger partial charge is 0.332 e. The topological polar surface area (TPSA) is 124 Å². The van der Waals surface area contributed by atoms with E-state index in [0.29, 0.717) is 17.4 Å². The minimum Gasteiger partial charge on any atom is -0.467 e. The van der Waals surface area contributed by atoms with E-state index >= 15 is 0 Å². The summed E-state index contributed by atoms with van der Waals surface area (Å²) in [5.41, 5.74) is 6.95. The maximum absolute atomic E-state index is 13.7. The van der Waals surface area contributed by atoms with Crippen molar-refractivity contribution in [3.05, 3.63) is 35.8 Å². The molecule has 0 spiro atoms. The number of aromatic amines is 1. The summed E-state index contributed by atoms with van der Waals surface area (Å²) in [6, 6.07) is 2.34. The van der Waals surface area contributed by atoms with E-state index in [2.05, 4.69) is 4.98 Å². The fourth-order valence-electron chi connectivity index (χ4n) is 3.99. The number of esters is 2. The molecule has 1 aromatic heterocycles. The zero-order chi connectivity index (χ0) is 24.3. The molecule has 9 nitrogen and oxygen atoms in total. The molecule has 1 fully saturated rings. The maximum Gasteiger partial charge on any atom is 0.332 e. The Morgan fingerprint density at radius 3 is 2.70 bits per heavy atom. The number of likely N-dealkylation sites (tertiary alicyclic amines) is 1. The van der Waals surface area contributed by atoms with E-state index in [4.69, 9.17) is 19.9 Å². The van der Waals surface area contributed by atoms with Crippen LogP contribution in [-0.2, 0) is 35.0 Å². The van der Waals surface area contributed by atoms with Crippen molar-refractivity contribution < 1.29 is 33.0 Å². The van der Waals surface area contributed by atoms with E-state index in [1.54, 1.807) is 33.0 Å². The number of carbonyl (C=O) groups is 3. The second-order valence-electron chi connectivity index (χ2n) is 9.04. The van der Waals surface area contributed by atoms with Crippen molar-refractivity contribution >= 4 is 28.7 Å². The third-order valence-electron chi connectivity index (χ3n) is 5.39. The maximum atomic E-state index is 13.7. The molecule has 10 heteroatoms. The number of methoxy groups -OCH3 is 1. The highest BCUT2D eigenvalue weighted by Crippen LogP contribution is 2.25. The van der Waals surface area contributed by atoms with E-state index in [1.807, 2.05) is 0 Å². The molecule has 180 valence electrons. The van der Waals surface area contributed by atoms with Gasteiger partial charge in [0.05, 0.1) is 19.3 Å². The fraction of sp³-hybridized carbons (Fsp3) is 0.522. The lowest BCUT2D eigenvalue weighted by Crippen LogP contribution is -2.52. The van der Waals surface area contributed by atoms with Crippen LogP contribution in [0.2, 0.25) is 0 Å². The molecule has 1 aliphatic heterocycles. The molecule has 0 saturated carbocycles. The van der Waals surface area contributed by atoms with Gasteiger partial charge in [0.15, 0.2) is 6.04 Å². The summed E-state index contributed by atoms with van der Waals surface area (Å²) in [5.74, 6) is -2.08.